The van der Waals surface area contributed by atoms with E-state index in [2.05, 4.69) is 20.9 Å². The molecule has 0 spiro atoms. The summed E-state index contributed by atoms with van der Waals surface area (Å²) in [6, 6.07) is 10.1. The molecule has 3 N–H and O–H groups in total. The molecule has 0 aromatic heterocycles. The Morgan fingerprint density at radius 1 is 1.03 bits per heavy atom. The minimum Gasteiger partial charge on any atom is -0.490 e. The van der Waals surface area contributed by atoms with Crippen molar-refractivity contribution >= 4 is 23.2 Å². The first-order chi connectivity index (χ1) is 16.2. The number of nitrogens with one attached hydrogen (secondary N) is 3. The molecule has 1 amide bonds. The van der Waals surface area contributed by atoms with Gasteiger partial charge in [0.25, 0.3) is 5.91 Å². The average Bonchev–Trinajstić information content (AvgIpc) is 2.79. The maximum absolute atomic E-state index is 13.1. The van der Waals surface area contributed by atoms with E-state index in [4.69, 9.17) is 21.7 Å². The second-order valence-electron chi connectivity index (χ2n) is 6.72. The third-order valence-corrected chi connectivity index (χ3v) is 4.45. The first-order valence-electron chi connectivity index (χ1n) is 10.3. The van der Waals surface area contributed by atoms with E-state index in [1.807, 2.05) is 32.0 Å². The predicted octanol–water partition coefficient (Wildman–Crippen LogP) is 4.07. The topological polar surface area (TPSA) is 80.9 Å². The summed E-state index contributed by atoms with van der Waals surface area (Å²) < 4.78 is 65.8. The lowest BCUT2D eigenvalue weighted by Gasteiger charge is -2.17. The van der Waals surface area contributed by atoms with Gasteiger partial charge in [0.15, 0.2) is 16.6 Å². The quantitative estimate of drug-likeness (QED) is 0.242. The number of rotatable bonds is 11. The third-order valence-electron chi connectivity index (χ3n) is 4.20. The molecule has 0 radical (unpaired) electrons. The van der Waals surface area contributed by atoms with Crippen LogP contribution in [0.15, 0.2) is 42.5 Å². The summed E-state index contributed by atoms with van der Waals surface area (Å²) in [6.45, 7) is 5.22. The van der Waals surface area contributed by atoms with E-state index in [0.29, 0.717) is 37.7 Å². The Morgan fingerprint density at radius 2 is 1.74 bits per heavy atom. The molecule has 0 fully saturated rings. The molecule has 0 bridgehead atoms. The highest BCUT2D eigenvalue weighted by Gasteiger charge is 2.44. The smallest absolute Gasteiger partial charge is 0.461 e. The molecule has 2 aromatic carbocycles. The number of benzene rings is 2. The second-order valence-corrected chi connectivity index (χ2v) is 7.13. The normalized spacial score (nSPS) is 11.0. The highest BCUT2D eigenvalue weighted by molar-refractivity contribution is 7.80. The maximum atomic E-state index is 13.1. The Kier molecular flexibility index (Phi) is 10.2. The van der Waals surface area contributed by atoms with Crippen molar-refractivity contribution in [3.05, 3.63) is 53.6 Å². The molecule has 186 valence electrons. The first kappa shape index (κ1) is 27.0. The van der Waals surface area contributed by atoms with Crippen molar-refractivity contribution < 1.29 is 36.6 Å². The van der Waals surface area contributed by atoms with Gasteiger partial charge in [0.1, 0.15) is 5.75 Å². The zero-order chi connectivity index (χ0) is 25.1. The molecule has 34 heavy (non-hydrogen) atoms. The molecule has 2 rings (SSSR count). The van der Waals surface area contributed by atoms with E-state index in [1.165, 1.54) is 12.1 Å². The van der Waals surface area contributed by atoms with Gasteiger partial charge in [-0.2, -0.15) is 17.6 Å². The number of alkyl halides is 4. The van der Waals surface area contributed by atoms with Crippen LogP contribution in [0.25, 0.3) is 0 Å². The SMILES string of the molecule is CCOc1ccc(CCNC(=S)NNC(=O)c2cccc(OC(F)(F)C(F)F)c2)cc1OCC. The number of carbonyl (C=O) groups excluding carboxylic acids is 1. The van der Waals surface area contributed by atoms with E-state index in [0.717, 1.165) is 17.7 Å². The molecule has 0 aliphatic carbocycles. The average molecular weight is 504 g/mol. The highest BCUT2D eigenvalue weighted by Crippen LogP contribution is 2.29. The van der Waals surface area contributed by atoms with Crippen molar-refractivity contribution in [3.8, 4) is 17.2 Å². The van der Waals surface area contributed by atoms with E-state index < -0.39 is 24.2 Å². The number of ether oxygens (including phenoxy) is 3. The van der Waals surface area contributed by atoms with Crippen LogP contribution in [-0.2, 0) is 6.42 Å². The fourth-order valence-electron chi connectivity index (χ4n) is 2.70. The molecule has 12 heteroatoms. The largest absolute Gasteiger partial charge is 0.490 e. The minimum absolute atomic E-state index is 0.101. The van der Waals surface area contributed by atoms with Gasteiger partial charge < -0.3 is 19.5 Å². The van der Waals surface area contributed by atoms with Crippen LogP contribution in [0, 0.1) is 0 Å². The van der Waals surface area contributed by atoms with Crippen LogP contribution in [0.4, 0.5) is 17.6 Å². The Bertz CT molecular complexity index is 979. The van der Waals surface area contributed by atoms with Gasteiger partial charge in [-0.1, -0.05) is 12.1 Å². The zero-order valence-corrected chi connectivity index (χ0v) is 19.3. The lowest BCUT2D eigenvalue weighted by molar-refractivity contribution is -0.253. The fourth-order valence-corrected chi connectivity index (χ4v) is 2.86. The molecule has 0 heterocycles. The summed E-state index contributed by atoms with van der Waals surface area (Å²) in [5, 5.41) is 3.02. The number of hydrazine groups is 1. The summed E-state index contributed by atoms with van der Waals surface area (Å²) >= 11 is 5.10. The molecular formula is C22H25F4N3O4S. The van der Waals surface area contributed by atoms with E-state index in [9.17, 15) is 22.4 Å². The van der Waals surface area contributed by atoms with Crippen LogP contribution < -0.4 is 30.4 Å². The number of hydrogen-bond acceptors (Lipinski definition) is 5. The number of hydrogen-bond donors (Lipinski definition) is 3. The Hall–Kier alpha value is -3.28. The van der Waals surface area contributed by atoms with Crippen LogP contribution in [0.2, 0.25) is 0 Å². The van der Waals surface area contributed by atoms with Crippen molar-refractivity contribution in [2.75, 3.05) is 19.8 Å². The molecule has 0 atom stereocenters. The number of amides is 1. The van der Waals surface area contributed by atoms with Crippen molar-refractivity contribution in [2.24, 2.45) is 0 Å². The molecule has 0 aliphatic heterocycles. The van der Waals surface area contributed by atoms with Crippen LogP contribution >= 0.6 is 12.2 Å². The molecule has 2 aromatic rings. The Morgan fingerprint density at radius 3 is 2.41 bits per heavy atom. The second kappa shape index (κ2) is 12.8. The van der Waals surface area contributed by atoms with Gasteiger partial charge in [-0.25, -0.2) is 0 Å². The predicted molar refractivity (Wildman–Crippen MR) is 122 cm³/mol. The molecule has 0 saturated heterocycles. The standard InChI is InChI=1S/C22H25F4N3O4S/c1-3-31-17-9-8-14(12-18(17)32-4-2)10-11-27-21(34)29-28-19(30)15-6-5-7-16(13-15)33-22(25,26)20(23)24/h5-9,12-13,20H,3-4,10-11H2,1-2H3,(H,28,30)(H2,27,29,34). The number of halogens is 4. The summed E-state index contributed by atoms with van der Waals surface area (Å²) in [7, 11) is 0. The van der Waals surface area contributed by atoms with Crippen LogP contribution in [-0.4, -0.2) is 43.3 Å². The third kappa shape index (κ3) is 8.25. The van der Waals surface area contributed by atoms with Gasteiger partial charge in [-0.3, -0.25) is 15.6 Å². The van der Waals surface area contributed by atoms with Gasteiger partial charge in [0, 0.05) is 12.1 Å². The first-order valence-corrected chi connectivity index (χ1v) is 10.7. The molecular weight excluding hydrogens is 478 g/mol. The Labute approximate surface area is 199 Å². The van der Waals surface area contributed by atoms with E-state index in [-0.39, 0.29) is 10.7 Å². The van der Waals surface area contributed by atoms with Crippen LogP contribution in [0.5, 0.6) is 17.2 Å². The van der Waals surface area contributed by atoms with Crippen molar-refractivity contribution in [1.82, 2.24) is 16.2 Å². The van der Waals surface area contributed by atoms with Gasteiger partial charge in [0.05, 0.1) is 13.2 Å². The van der Waals surface area contributed by atoms with Crippen molar-refractivity contribution in [1.29, 1.82) is 0 Å². The lowest BCUT2D eigenvalue weighted by Crippen LogP contribution is -2.47. The lowest BCUT2D eigenvalue weighted by atomic mass is 10.1. The summed E-state index contributed by atoms with van der Waals surface area (Å²) in [5.74, 6) is -0.0102. The van der Waals surface area contributed by atoms with Gasteiger partial charge in [-0.05, 0) is 68.4 Å². The summed E-state index contributed by atoms with van der Waals surface area (Å²) in [5.41, 5.74) is 5.64. The van der Waals surface area contributed by atoms with Gasteiger partial charge in [-0.15, -0.1) is 0 Å². The number of carbonyl (C=O) groups is 1. The highest BCUT2D eigenvalue weighted by atomic mass is 32.1. The van der Waals surface area contributed by atoms with Crippen molar-refractivity contribution in [2.45, 2.75) is 32.8 Å². The fraction of sp³-hybridized carbons (Fsp3) is 0.364. The molecule has 7 nitrogen and oxygen atoms in total. The van der Waals surface area contributed by atoms with E-state index >= 15 is 0 Å². The van der Waals surface area contributed by atoms with Crippen LogP contribution in [0.3, 0.4) is 0 Å². The van der Waals surface area contributed by atoms with Gasteiger partial charge >= 0.3 is 12.5 Å². The Balaban J connectivity index is 1.83. The number of thiocarbonyl (C=S) groups is 1. The maximum Gasteiger partial charge on any atom is 0.461 e. The molecule has 0 saturated carbocycles. The van der Waals surface area contributed by atoms with E-state index in [1.54, 1.807) is 0 Å². The summed E-state index contributed by atoms with van der Waals surface area (Å²) in [4.78, 5) is 12.2. The summed E-state index contributed by atoms with van der Waals surface area (Å²) in [6.07, 6.45) is -8.09. The monoisotopic (exact) mass is 503 g/mol. The molecule has 0 unspecified atom stereocenters. The molecule has 0 aliphatic rings. The van der Waals surface area contributed by atoms with Crippen molar-refractivity contribution in [3.63, 3.8) is 0 Å². The zero-order valence-electron chi connectivity index (χ0n) is 18.5. The minimum atomic E-state index is -4.67. The van der Waals surface area contributed by atoms with Crippen LogP contribution in [0.1, 0.15) is 29.8 Å². The van der Waals surface area contributed by atoms with Gasteiger partial charge in [0.2, 0.25) is 0 Å².